The van der Waals surface area contributed by atoms with Crippen LogP contribution in [0.15, 0.2) is 36.7 Å². The van der Waals surface area contributed by atoms with Gasteiger partial charge in [0.05, 0.1) is 19.3 Å². The van der Waals surface area contributed by atoms with Gasteiger partial charge in [-0.2, -0.15) is 5.10 Å². The number of hydrogen-bond donors (Lipinski definition) is 1. The molecule has 0 atom stereocenters. The standard InChI is InChI=1S/C13H17N3O.ClH/c1-17-6-5-16-10-13(9-15-16)12-4-2-3-11(7-12)8-14;/h2-4,7,9-10H,5-6,8,14H2,1H3;1H. The molecule has 0 aliphatic carbocycles. The molecule has 2 aromatic rings. The quantitative estimate of drug-likeness (QED) is 0.902. The second-order valence-corrected chi connectivity index (χ2v) is 3.89. The van der Waals surface area contributed by atoms with E-state index >= 15 is 0 Å². The van der Waals surface area contributed by atoms with Gasteiger partial charge >= 0.3 is 0 Å². The van der Waals surface area contributed by atoms with Crippen LogP contribution in [0.2, 0.25) is 0 Å². The molecule has 0 fully saturated rings. The maximum absolute atomic E-state index is 5.63. The first-order valence-electron chi connectivity index (χ1n) is 5.64. The number of nitrogens with zero attached hydrogens (tertiary/aromatic N) is 2. The normalized spacial score (nSPS) is 10.1. The molecule has 4 nitrogen and oxygen atoms in total. The molecule has 98 valence electrons. The highest BCUT2D eigenvalue weighted by Gasteiger charge is 2.02. The molecule has 0 amide bonds. The van der Waals surface area contributed by atoms with E-state index < -0.39 is 0 Å². The summed E-state index contributed by atoms with van der Waals surface area (Å²) in [7, 11) is 1.69. The van der Waals surface area contributed by atoms with Crippen LogP contribution in [-0.4, -0.2) is 23.5 Å². The van der Waals surface area contributed by atoms with Gasteiger partial charge in [0.15, 0.2) is 0 Å². The van der Waals surface area contributed by atoms with Gasteiger partial charge in [0.1, 0.15) is 0 Å². The van der Waals surface area contributed by atoms with E-state index in [-0.39, 0.29) is 12.4 Å². The Bertz CT molecular complexity index is 485. The van der Waals surface area contributed by atoms with Crippen LogP contribution in [0.3, 0.4) is 0 Å². The van der Waals surface area contributed by atoms with Gasteiger partial charge in [0.25, 0.3) is 0 Å². The highest BCUT2D eigenvalue weighted by atomic mass is 35.5. The minimum Gasteiger partial charge on any atom is -0.383 e. The fraction of sp³-hybridized carbons (Fsp3) is 0.308. The first kappa shape index (κ1) is 14.7. The van der Waals surface area contributed by atoms with E-state index in [0.717, 1.165) is 23.2 Å². The summed E-state index contributed by atoms with van der Waals surface area (Å²) in [6.45, 7) is 2.00. The summed E-state index contributed by atoms with van der Waals surface area (Å²) in [5.41, 5.74) is 9.02. The summed E-state index contributed by atoms with van der Waals surface area (Å²) in [5, 5.41) is 4.29. The van der Waals surface area contributed by atoms with E-state index in [9.17, 15) is 0 Å². The van der Waals surface area contributed by atoms with Crippen molar-refractivity contribution in [1.82, 2.24) is 9.78 Å². The molecule has 0 saturated carbocycles. The Morgan fingerprint density at radius 2 is 2.17 bits per heavy atom. The average Bonchev–Trinajstić information content (AvgIpc) is 2.85. The van der Waals surface area contributed by atoms with Crippen molar-refractivity contribution in [2.24, 2.45) is 5.73 Å². The highest BCUT2D eigenvalue weighted by molar-refractivity contribution is 5.85. The van der Waals surface area contributed by atoms with Crippen LogP contribution >= 0.6 is 12.4 Å². The van der Waals surface area contributed by atoms with E-state index in [1.807, 2.05) is 29.2 Å². The Balaban J connectivity index is 0.00000162. The predicted molar refractivity (Wildman–Crippen MR) is 74.7 cm³/mol. The smallest absolute Gasteiger partial charge is 0.0658 e. The molecule has 0 saturated heterocycles. The molecule has 0 radical (unpaired) electrons. The summed E-state index contributed by atoms with van der Waals surface area (Å²) in [5.74, 6) is 0. The van der Waals surface area contributed by atoms with Gasteiger partial charge in [0, 0.05) is 25.4 Å². The minimum absolute atomic E-state index is 0. The van der Waals surface area contributed by atoms with E-state index in [1.165, 1.54) is 0 Å². The number of halogens is 1. The van der Waals surface area contributed by atoms with Crippen molar-refractivity contribution >= 4 is 12.4 Å². The molecule has 0 aliphatic rings. The first-order chi connectivity index (χ1) is 8.33. The molecular weight excluding hydrogens is 250 g/mol. The predicted octanol–water partition coefficient (Wildman–Crippen LogP) is 2.08. The minimum atomic E-state index is 0. The highest BCUT2D eigenvalue weighted by Crippen LogP contribution is 2.19. The third-order valence-corrected chi connectivity index (χ3v) is 2.65. The summed E-state index contributed by atoms with van der Waals surface area (Å²) in [4.78, 5) is 0. The molecule has 1 aromatic carbocycles. The van der Waals surface area contributed by atoms with Crippen molar-refractivity contribution < 1.29 is 4.74 Å². The molecular formula is C13H18ClN3O. The molecule has 1 heterocycles. The van der Waals surface area contributed by atoms with Crippen molar-refractivity contribution in [3.8, 4) is 11.1 Å². The molecule has 0 spiro atoms. The zero-order valence-corrected chi connectivity index (χ0v) is 11.2. The van der Waals surface area contributed by atoms with Gasteiger partial charge in [-0.1, -0.05) is 18.2 Å². The van der Waals surface area contributed by atoms with Crippen LogP contribution in [0.4, 0.5) is 0 Å². The van der Waals surface area contributed by atoms with Crippen molar-refractivity contribution in [3.05, 3.63) is 42.2 Å². The van der Waals surface area contributed by atoms with Crippen molar-refractivity contribution in [1.29, 1.82) is 0 Å². The summed E-state index contributed by atoms with van der Waals surface area (Å²) in [6, 6.07) is 8.21. The second-order valence-electron chi connectivity index (χ2n) is 3.89. The second kappa shape index (κ2) is 7.16. The first-order valence-corrected chi connectivity index (χ1v) is 5.64. The SMILES string of the molecule is COCCn1cc(-c2cccc(CN)c2)cn1.Cl. The molecule has 18 heavy (non-hydrogen) atoms. The van der Waals surface area contributed by atoms with Crippen LogP contribution in [0, 0.1) is 0 Å². The number of benzene rings is 1. The number of methoxy groups -OCH3 is 1. The lowest BCUT2D eigenvalue weighted by molar-refractivity contribution is 0.183. The third-order valence-electron chi connectivity index (χ3n) is 2.65. The lowest BCUT2D eigenvalue weighted by Crippen LogP contribution is -2.03. The van der Waals surface area contributed by atoms with Crippen LogP contribution in [-0.2, 0) is 17.8 Å². The lowest BCUT2D eigenvalue weighted by Gasteiger charge is -2.01. The summed E-state index contributed by atoms with van der Waals surface area (Å²) in [6.07, 6.45) is 3.89. The Hall–Kier alpha value is -1.36. The number of ether oxygens (including phenoxy) is 1. The molecule has 5 heteroatoms. The van der Waals surface area contributed by atoms with Crippen molar-refractivity contribution in [2.45, 2.75) is 13.1 Å². The molecule has 1 aromatic heterocycles. The van der Waals surface area contributed by atoms with Crippen molar-refractivity contribution in [2.75, 3.05) is 13.7 Å². The van der Waals surface area contributed by atoms with E-state index in [1.54, 1.807) is 7.11 Å². The summed E-state index contributed by atoms with van der Waals surface area (Å²) >= 11 is 0. The monoisotopic (exact) mass is 267 g/mol. The zero-order valence-electron chi connectivity index (χ0n) is 10.4. The zero-order chi connectivity index (χ0) is 12.1. The maximum Gasteiger partial charge on any atom is 0.0658 e. The number of rotatable bonds is 5. The fourth-order valence-electron chi connectivity index (χ4n) is 1.70. The molecule has 2 rings (SSSR count). The van der Waals surface area contributed by atoms with Gasteiger partial charge in [-0.3, -0.25) is 4.68 Å². The van der Waals surface area contributed by atoms with Gasteiger partial charge in [-0.25, -0.2) is 0 Å². The van der Waals surface area contributed by atoms with E-state index in [4.69, 9.17) is 10.5 Å². The summed E-state index contributed by atoms with van der Waals surface area (Å²) < 4.78 is 6.90. The topological polar surface area (TPSA) is 53.1 Å². The Labute approximate surface area is 113 Å². The van der Waals surface area contributed by atoms with Crippen LogP contribution in [0.5, 0.6) is 0 Å². The fourth-order valence-corrected chi connectivity index (χ4v) is 1.70. The van der Waals surface area contributed by atoms with Crippen LogP contribution in [0.1, 0.15) is 5.56 Å². The van der Waals surface area contributed by atoms with E-state index in [0.29, 0.717) is 13.2 Å². The number of hydrogen-bond acceptors (Lipinski definition) is 3. The van der Waals surface area contributed by atoms with Crippen LogP contribution < -0.4 is 5.73 Å². The number of nitrogens with two attached hydrogens (primary N) is 1. The van der Waals surface area contributed by atoms with Crippen molar-refractivity contribution in [3.63, 3.8) is 0 Å². The molecule has 2 N–H and O–H groups in total. The lowest BCUT2D eigenvalue weighted by atomic mass is 10.1. The van der Waals surface area contributed by atoms with E-state index in [2.05, 4.69) is 17.2 Å². The van der Waals surface area contributed by atoms with Gasteiger partial charge < -0.3 is 10.5 Å². The Morgan fingerprint density at radius 3 is 2.89 bits per heavy atom. The van der Waals surface area contributed by atoms with Gasteiger partial charge in [0.2, 0.25) is 0 Å². The van der Waals surface area contributed by atoms with Gasteiger partial charge in [-0.15, -0.1) is 12.4 Å². The Kier molecular flexibility index (Phi) is 5.85. The number of aromatic nitrogens is 2. The Morgan fingerprint density at radius 1 is 1.33 bits per heavy atom. The third kappa shape index (κ3) is 3.57. The average molecular weight is 268 g/mol. The molecule has 0 aliphatic heterocycles. The molecule has 0 unspecified atom stereocenters. The maximum atomic E-state index is 5.63. The van der Waals surface area contributed by atoms with Crippen LogP contribution in [0.25, 0.3) is 11.1 Å². The van der Waals surface area contributed by atoms with Gasteiger partial charge in [-0.05, 0) is 17.2 Å². The molecule has 0 bridgehead atoms. The largest absolute Gasteiger partial charge is 0.383 e.